The zero-order chi connectivity index (χ0) is 30.9. The van der Waals surface area contributed by atoms with Crippen molar-refractivity contribution in [2.45, 2.75) is 31.3 Å². The van der Waals surface area contributed by atoms with Crippen LogP contribution in [0.5, 0.6) is 11.5 Å². The Hall–Kier alpha value is -5.08. The molecule has 1 heterocycles. The van der Waals surface area contributed by atoms with Crippen LogP contribution in [0.1, 0.15) is 35.3 Å². The largest absolute Gasteiger partial charge is 0.457 e. The predicted molar refractivity (Wildman–Crippen MR) is 166 cm³/mol. The molecule has 2 atom stereocenters. The van der Waals surface area contributed by atoms with Gasteiger partial charge in [0.05, 0.1) is 0 Å². The third kappa shape index (κ3) is 7.46. The van der Waals surface area contributed by atoms with Crippen LogP contribution in [0.3, 0.4) is 0 Å². The normalized spacial score (nSPS) is 15.2. The zero-order valence-corrected chi connectivity index (χ0v) is 24.8. The number of nitrogens with zero attached hydrogens (tertiary/aromatic N) is 1. The average molecular weight is 613 g/mol. The summed E-state index contributed by atoms with van der Waals surface area (Å²) in [6.07, 6.45) is 0.374. The Balaban J connectivity index is 1.45. The number of amides is 2. The molecule has 1 aliphatic rings. The first-order chi connectivity index (χ1) is 21.3. The van der Waals surface area contributed by atoms with Gasteiger partial charge in [-0.2, -0.15) is 0 Å². The van der Waals surface area contributed by atoms with Crippen LogP contribution in [-0.2, 0) is 20.7 Å². The van der Waals surface area contributed by atoms with Gasteiger partial charge in [0.1, 0.15) is 30.0 Å². The van der Waals surface area contributed by atoms with Gasteiger partial charge >= 0.3 is 13.7 Å². The van der Waals surface area contributed by atoms with Crippen molar-refractivity contribution in [2.75, 3.05) is 6.54 Å². The van der Waals surface area contributed by atoms with E-state index >= 15 is 0 Å². The molecule has 226 valence electrons. The van der Waals surface area contributed by atoms with Gasteiger partial charge < -0.3 is 24.8 Å². The molecule has 1 aliphatic heterocycles. The predicted octanol–water partition coefficient (Wildman–Crippen LogP) is 6.24. The Morgan fingerprint density at radius 2 is 1.41 bits per heavy atom. The number of carbonyl (C=O) groups excluding carboxylic acids is 2. The van der Waals surface area contributed by atoms with Gasteiger partial charge in [-0.05, 0) is 48.2 Å². The van der Waals surface area contributed by atoms with Crippen molar-refractivity contribution in [2.24, 2.45) is 5.73 Å². The van der Waals surface area contributed by atoms with Crippen LogP contribution in [0.4, 0.5) is 4.79 Å². The van der Waals surface area contributed by atoms with Gasteiger partial charge in [-0.15, -0.1) is 0 Å². The topological polar surface area (TPSA) is 144 Å². The van der Waals surface area contributed by atoms with E-state index in [2.05, 4.69) is 5.32 Å². The maximum Gasteiger partial charge on any atom is 0.457 e. The molecule has 5 rings (SSSR count). The summed E-state index contributed by atoms with van der Waals surface area (Å²) in [4.78, 5) is 28.3. The number of ether oxygens (including phenoxy) is 1. The number of benzene rings is 4. The molecule has 1 fully saturated rings. The summed E-state index contributed by atoms with van der Waals surface area (Å²) in [6, 6.07) is 31.9. The number of rotatable bonds is 11. The van der Waals surface area contributed by atoms with Crippen molar-refractivity contribution in [3.8, 4) is 11.5 Å². The standard InChI is InChI=1S/C33H33N4O6P/c34-30(35)25-18-20-26(21-19-25)32(44(40,42-27-13-6-2-7-14-27)43-28-15-8-3-9-16-28)36-31(38)29-17-10-22-37(29)33(39)41-23-24-11-4-1-5-12-24/h1-9,11-16,18-21,29,32H,10,17,22-23H2,(H3,34,35)(H,36,38)/t29-,32?/m0/s1. The van der Waals surface area contributed by atoms with Crippen LogP contribution < -0.4 is 20.1 Å². The highest BCUT2D eigenvalue weighted by atomic mass is 31.2. The van der Waals surface area contributed by atoms with E-state index in [4.69, 9.17) is 24.9 Å². The second kappa shape index (κ2) is 13.9. The van der Waals surface area contributed by atoms with E-state index in [-0.39, 0.29) is 23.9 Å². The highest BCUT2D eigenvalue weighted by molar-refractivity contribution is 7.55. The quantitative estimate of drug-likeness (QED) is 0.103. The lowest BCUT2D eigenvalue weighted by Crippen LogP contribution is -2.47. The van der Waals surface area contributed by atoms with Gasteiger partial charge in [0, 0.05) is 12.1 Å². The summed E-state index contributed by atoms with van der Waals surface area (Å²) in [6.45, 7) is 0.406. The van der Waals surface area contributed by atoms with Crippen molar-refractivity contribution in [3.63, 3.8) is 0 Å². The molecule has 4 aromatic carbocycles. The van der Waals surface area contributed by atoms with E-state index in [1.165, 1.54) is 4.90 Å². The highest BCUT2D eigenvalue weighted by Crippen LogP contribution is 2.59. The molecule has 1 saturated heterocycles. The van der Waals surface area contributed by atoms with Crippen LogP contribution in [0.15, 0.2) is 115 Å². The molecule has 0 bridgehead atoms. The van der Waals surface area contributed by atoms with Gasteiger partial charge in [0.15, 0.2) is 5.78 Å². The molecular formula is C33H33N4O6P. The summed E-state index contributed by atoms with van der Waals surface area (Å²) in [5.41, 5.74) is 7.33. The minimum absolute atomic E-state index is 0.0701. The number of nitrogens with one attached hydrogen (secondary N) is 2. The average Bonchev–Trinajstić information content (AvgIpc) is 3.54. The third-order valence-corrected chi connectivity index (χ3v) is 9.07. The van der Waals surface area contributed by atoms with Gasteiger partial charge in [0.2, 0.25) is 5.91 Å². The van der Waals surface area contributed by atoms with Gasteiger partial charge in [-0.25, -0.2) is 9.36 Å². The molecule has 2 amide bonds. The lowest BCUT2D eigenvalue weighted by atomic mass is 10.1. The van der Waals surface area contributed by atoms with E-state index in [1.807, 2.05) is 30.3 Å². The van der Waals surface area contributed by atoms with Crippen molar-refractivity contribution < 1.29 is 27.9 Å². The molecule has 44 heavy (non-hydrogen) atoms. The number of amidine groups is 1. The molecule has 11 heteroatoms. The third-order valence-electron chi connectivity index (χ3n) is 7.08. The van der Waals surface area contributed by atoms with Gasteiger partial charge in [-0.1, -0.05) is 91.0 Å². The number of likely N-dealkylation sites (tertiary alicyclic amines) is 1. The Morgan fingerprint density at radius 3 is 1.95 bits per heavy atom. The van der Waals surface area contributed by atoms with E-state index in [0.29, 0.717) is 30.5 Å². The second-order valence-electron chi connectivity index (χ2n) is 10.2. The minimum atomic E-state index is -4.28. The molecule has 0 radical (unpaired) electrons. The van der Waals surface area contributed by atoms with Crippen molar-refractivity contribution in [3.05, 3.63) is 132 Å². The van der Waals surface area contributed by atoms with Crippen LogP contribution in [0.2, 0.25) is 0 Å². The molecule has 0 aliphatic carbocycles. The lowest BCUT2D eigenvalue weighted by molar-refractivity contribution is -0.125. The number of carbonyl (C=O) groups is 2. The molecule has 10 nitrogen and oxygen atoms in total. The summed E-state index contributed by atoms with van der Waals surface area (Å²) in [5, 5.41) is 10.6. The number of hydrogen-bond acceptors (Lipinski definition) is 7. The molecular weight excluding hydrogens is 579 g/mol. The van der Waals surface area contributed by atoms with E-state index < -0.39 is 31.4 Å². The Bertz CT molecular complexity index is 1580. The zero-order valence-electron chi connectivity index (χ0n) is 23.9. The number of para-hydroxylation sites is 2. The number of hydrogen-bond donors (Lipinski definition) is 3. The van der Waals surface area contributed by atoms with E-state index in [9.17, 15) is 14.2 Å². The second-order valence-corrected chi connectivity index (χ2v) is 12.1. The van der Waals surface area contributed by atoms with Crippen molar-refractivity contribution >= 4 is 25.4 Å². The van der Waals surface area contributed by atoms with Crippen LogP contribution in [-0.4, -0.2) is 35.3 Å². The maximum absolute atomic E-state index is 14.9. The van der Waals surface area contributed by atoms with Crippen LogP contribution in [0, 0.1) is 5.41 Å². The molecule has 1 unspecified atom stereocenters. The monoisotopic (exact) mass is 612 g/mol. The molecule has 0 spiro atoms. The fourth-order valence-electron chi connectivity index (χ4n) is 4.86. The first kappa shape index (κ1) is 30.4. The van der Waals surface area contributed by atoms with Crippen molar-refractivity contribution in [1.29, 1.82) is 5.41 Å². The SMILES string of the molecule is N=C(N)c1ccc(C(NC(=O)[C@@H]2CCCN2C(=O)OCc2ccccc2)P(=O)(Oc2ccccc2)Oc2ccccc2)cc1. The van der Waals surface area contributed by atoms with E-state index in [0.717, 1.165) is 5.56 Å². The molecule has 4 N–H and O–H groups in total. The number of nitrogens with two attached hydrogens (primary N) is 1. The Labute approximate surface area is 255 Å². The van der Waals surface area contributed by atoms with Crippen molar-refractivity contribution in [1.82, 2.24) is 10.2 Å². The minimum Gasteiger partial charge on any atom is -0.445 e. The Morgan fingerprint density at radius 1 is 0.864 bits per heavy atom. The summed E-state index contributed by atoms with van der Waals surface area (Å²) in [5.74, 6) is -1.42. The fourth-order valence-corrected chi connectivity index (χ4v) is 6.76. The van der Waals surface area contributed by atoms with Gasteiger partial charge in [-0.3, -0.25) is 15.1 Å². The summed E-state index contributed by atoms with van der Waals surface area (Å²) in [7, 11) is -4.28. The lowest BCUT2D eigenvalue weighted by Gasteiger charge is -2.30. The maximum atomic E-state index is 14.9. The molecule has 4 aromatic rings. The van der Waals surface area contributed by atoms with Gasteiger partial charge in [0.25, 0.3) is 0 Å². The fraction of sp³-hybridized carbons (Fsp3) is 0.182. The van der Waals surface area contributed by atoms with Crippen LogP contribution >= 0.6 is 7.60 Å². The first-order valence-corrected chi connectivity index (χ1v) is 15.7. The number of nitrogen functional groups attached to an aromatic ring is 1. The summed E-state index contributed by atoms with van der Waals surface area (Å²) < 4.78 is 32.5. The first-order valence-electron chi connectivity index (χ1n) is 14.1. The summed E-state index contributed by atoms with van der Waals surface area (Å²) >= 11 is 0. The Kier molecular flexibility index (Phi) is 9.62. The smallest absolute Gasteiger partial charge is 0.445 e. The van der Waals surface area contributed by atoms with E-state index in [1.54, 1.807) is 84.9 Å². The van der Waals surface area contributed by atoms with Crippen LogP contribution in [0.25, 0.3) is 0 Å². The highest BCUT2D eigenvalue weighted by Gasteiger charge is 2.45. The molecule has 0 aromatic heterocycles. The molecule has 0 saturated carbocycles.